The lowest BCUT2D eigenvalue weighted by atomic mass is 9.78. The molecule has 1 aromatic carbocycles. The van der Waals surface area contributed by atoms with Crippen LogP contribution in [0.5, 0.6) is 0 Å². The molecular formula is C20H24N4S. The normalized spacial score (nSPS) is 15.8. The van der Waals surface area contributed by atoms with E-state index in [2.05, 4.69) is 51.5 Å². The van der Waals surface area contributed by atoms with Gasteiger partial charge in [0.2, 0.25) is 5.95 Å². The molecule has 1 saturated carbocycles. The molecule has 0 amide bonds. The third kappa shape index (κ3) is 3.42. The van der Waals surface area contributed by atoms with E-state index in [-0.39, 0.29) is 5.41 Å². The SMILES string of the molecule is CC.CC(c1ccc(-c2cnc(N)nc2)cc1)(c1nccs1)C1CC1. The van der Waals surface area contributed by atoms with Crippen LogP contribution < -0.4 is 5.73 Å². The van der Waals surface area contributed by atoms with Gasteiger partial charge in [0.05, 0.1) is 0 Å². The van der Waals surface area contributed by atoms with Crippen molar-refractivity contribution < 1.29 is 0 Å². The van der Waals surface area contributed by atoms with Gasteiger partial charge in [-0.05, 0) is 36.8 Å². The van der Waals surface area contributed by atoms with Crippen LogP contribution in [0.2, 0.25) is 0 Å². The summed E-state index contributed by atoms with van der Waals surface area (Å²) in [5.74, 6) is 0.995. The predicted octanol–water partition coefficient (Wildman–Crippen LogP) is 4.92. The van der Waals surface area contributed by atoms with E-state index < -0.39 is 0 Å². The second-order valence-corrected chi connectivity index (χ2v) is 7.12. The third-order valence-electron chi connectivity index (χ3n) is 4.76. The average Bonchev–Trinajstić information content (AvgIpc) is 3.38. The maximum Gasteiger partial charge on any atom is 0.219 e. The molecule has 1 unspecified atom stereocenters. The van der Waals surface area contributed by atoms with Crippen molar-refractivity contribution in [2.75, 3.05) is 5.73 Å². The summed E-state index contributed by atoms with van der Waals surface area (Å²) in [6.07, 6.45) is 7.99. The molecule has 4 rings (SSSR count). The van der Waals surface area contributed by atoms with E-state index in [9.17, 15) is 0 Å². The van der Waals surface area contributed by atoms with Crippen LogP contribution in [-0.4, -0.2) is 15.0 Å². The number of benzene rings is 1. The lowest BCUT2D eigenvalue weighted by Crippen LogP contribution is -2.26. The number of nitrogens with zero attached hydrogens (tertiary/aromatic N) is 3. The Kier molecular flexibility index (Phi) is 5.13. The molecule has 4 nitrogen and oxygen atoms in total. The topological polar surface area (TPSA) is 64.7 Å². The summed E-state index contributed by atoms with van der Waals surface area (Å²) in [5, 5.41) is 3.28. The molecule has 1 atom stereocenters. The Balaban J connectivity index is 0.000000880. The van der Waals surface area contributed by atoms with Gasteiger partial charge in [-0.1, -0.05) is 38.1 Å². The zero-order valence-corrected chi connectivity index (χ0v) is 15.8. The van der Waals surface area contributed by atoms with Crippen LogP contribution in [0, 0.1) is 5.92 Å². The minimum absolute atomic E-state index is 0.0182. The second-order valence-electron chi connectivity index (χ2n) is 6.22. The van der Waals surface area contributed by atoms with Gasteiger partial charge in [-0.2, -0.15) is 0 Å². The standard InChI is InChI=1S/C18H18N4S.C2H6/c1-18(15-6-7-15,16-20-8-9-23-16)14-4-2-12(3-5-14)13-10-21-17(19)22-11-13;1-2/h2-5,8-11,15H,6-7H2,1H3,(H2,19,21,22);1-2H3. The van der Waals surface area contributed by atoms with Crippen molar-refractivity contribution in [3.05, 3.63) is 58.8 Å². The number of thiazole rings is 1. The number of aromatic nitrogens is 3. The molecule has 1 fully saturated rings. The highest BCUT2D eigenvalue weighted by Gasteiger charge is 2.45. The van der Waals surface area contributed by atoms with Gasteiger partial charge in [0.25, 0.3) is 0 Å². The predicted molar refractivity (Wildman–Crippen MR) is 105 cm³/mol. The molecule has 0 saturated heterocycles. The van der Waals surface area contributed by atoms with Gasteiger partial charge in [0.1, 0.15) is 5.01 Å². The molecular weight excluding hydrogens is 328 g/mol. The van der Waals surface area contributed by atoms with Gasteiger partial charge in [-0.15, -0.1) is 11.3 Å². The van der Waals surface area contributed by atoms with Crippen molar-refractivity contribution in [1.29, 1.82) is 0 Å². The fourth-order valence-corrected chi connectivity index (χ4v) is 4.07. The first-order valence-corrected chi connectivity index (χ1v) is 9.64. The quantitative estimate of drug-likeness (QED) is 0.723. The van der Waals surface area contributed by atoms with Gasteiger partial charge in [-0.3, -0.25) is 0 Å². The van der Waals surface area contributed by atoms with E-state index in [4.69, 9.17) is 5.73 Å². The Morgan fingerprint density at radius 1 is 1.00 bits per heavy atom. The zero-order valence-electron chi connectivity index (χ0n) is 14.9. The van der Waals surface area contributed by atoms with Gasteiger partial charge < -0.3 is 5.73 Å². The van der Waals surface area contributed by atoms with Crippen molar-refractivity contribution in [3.8, 4) is 11.1 Å². The van der Waals surface area contributed by atoms with Gasteiger partial charge in [0.15, 0.2) is 0 Å². The van der Waals surface area contributed by atoms with Crippen LogP contribution in [0.15, 0.2) is 48.2 Å². The Hall–Kier alpha value is -2.27. The molecule has 130 valence electrons. The van der Waals surface area contributed by atoms with E-state index in [1.165, 1.54) is 23.4 Å². The van der Waals surface area contributed by atoms with Crippen LogP contribution in [0.4, 0.5) is 5.95 Å². The summed E-state index contributed by atoms with van der Waals surface area (Å²) >= 11 is 1.75. The van der Waals surface area contributed by atoms with Crippen LogP contribution in [0.3, 0.4) is 0 Å². The third-order valence-corrected chi connectivity index (χ3v) is 5.77. The van der Waals surface area contributed by atoms with Crippen molar-refractivity contribution in [2.45, 2.75) is 39.0 Å². The molecule has 3 aromatic rings. The first-order chi connectivity index (χ1) is 12.2. The van der Waals surface area contributed by atoms with E-state index in [1.54, 1.807) is 23.7 Å². The van der Waals surface area contributed by atoms with E-state index in [1.807, 2.05) is 20.0 Å². The summed E-state index contributed by atoms with van der Waals surface area (Å²) in [7, 11) is 0. The molecule has 0 bridgehead atoms. The number of rotatable bonds is 4. The second kappa shape index (κ2) is 7.31. The molecule has 1 aliphatic carbocycles. The first-order valence-electron chi connectivity index (χ1n) is 8.76. The monoisotopic (exact) mass is 352 g/mol. The Morgan fingerprint density at radius 3 is 2.16 bits per heavy atom. The van der Waals surface area contributed by atoms with E-state index in [0.29, 0.717) is 11.9 Å². The summed E-state index contributed by atoms with van der Waals surface area (Å²) in [6.45, 7) is 6.32. The van der Waals surface area contributed by atoms with Crippen LogP contribution in [-0.2, 0) is 5.41 Å². The fraction of sp³-hybridized carbons (Fsp3) is 0.350. The van der Waals surface area contributed by atoms with E-state index in [0.717, 1.165) is 11.1 Å². The van der Waals surface area contributed by atoms with Gasteiger partial charge >= 0.3 is 0 Å². The Bertz CT molecular complexity index is 793. The largest absolute Gasteiger partial charge is 0.368 e. The summed E-state index contributed by atoms with van der Waals surface area (Å²) in [5.41, 5.74) is 8.98. The minimum Gasteiger partial charge on any atom is -0.368 e. The number of anilines is 1. The highest BCUT2D eigenvalue weighted by atomic mass is 32.1. The number of hydrogen-bond donors (Lipinski definition) is 1. The maximum atomic E-state index is 5.55. The number of hydrogen-bond acceptors (Lipinski definition) is 5. The van der Waals surface area contributed by atoms with Crippen LogP contribution >= 0.6 is 11.3 Å². The van der Waals surface area contributed by atoms with Crippen LogP contribution in [0.1, 0.15) is 44.2 Å². The molecule has 5 heteroatoms. The van der Waals surface area contributed by atoms with Crippen LogP contribution in [0.25, 0.3) is 11.1 Å². The highest BCUT2D eigenvalue weighted by Crippen LogP contribution is 2.51. The highest BCUT2D eigenvalue weighted by molar-refractivity contribution is 7.09. The lowest BCUT2D eigenvalue weighted by molar-refractivity contribution is 0.492. The molecule has 2 N–H and O–H groups in total. The van der Waals surface area contributed by atoms with Crippen molar-refractivity contribution in [1.82, 2.24) is 15.0 Å². The molecule has 0 spiro atoms. The van der Waals surface area contributed by atoms with Crippen molar-refractivity contribution >= 4 is 17.3 Å². The number of nitrogens with two attached hydrogens (primary N) is 1. The molecule has 25 heavy (non-hydrogen) atoms. The first kappa shape index (κ1) is 17.5. The van der Waals surface area contributed by atoms with Crippen molar-refractivity contribution in [3.63, 3.8) is 0 Å². The Morgan fingerprint density at radius 2 is 1.64 bits per heavy atom. The number of nitrogen functional groups attached to an aromatic ring is 1. The van der Waals surface area contributed by atoms with Gasteiger partial charge in [0, 0.05) is 34.9 Å². The zero-order chi connectivity index (χ0) is 17.9. The molecule has 2 heterocycles. The molecule has 2 aromatic heterocycles. The average molecular weight is 353 g/mol. The fourth-order valence-electron chi connectivity index (χ4n) is 3.17. The summed E-state index contributed by atoms with van der Waals surface area (Å²) < 4.78 is 0. The van der Waals surface area contributed by atoms with Crippen molar-refractivity contribution in [2.24, 2.45) is 5.92 Å². The summed E-state index contributed by atoms with van der Waals surface area (Å²) in [6, 6.07) is 8.70. The lowest BCUT2D eigenvalue weighted by Gasteiger charge is -2.28. The molecule has 1 aliphatic rings. The minimum atomic E-state index is 0.0182. The molecule has 0 aliphatic heterocycles. The summed E-state index contributed by atoms with van der Waals surface area (Å²) in [4.78, 5) is 12.7. The van der Waals surface area contributed by atoms with E-state index >= 15 is 0 Å². The van der Waals surface area contributed by atoms with Gasteiger partial charge in [-0.25, -0.2) is 15.0 Å². The Labute approximate surface area is 153 Å². The smallest absolute Gasteiger partial charge is 0.219 e. The maximum absolute atomic E-state index is 5.55. The molecule has 0 radical (unpaired) electrons.